The fourth-order valence-corrected chi connectivity index (χ4v) is 3.57. The van der Waals surface area contributed by atoms with E-state index in [9.17, 15) is 0 Å². The topological polar surface area (TPSA) is 63.0 Å². The van der Waals surface area contributed by atoms with Crippen LogP contribution < -0.4 is 4.90 Å². The molecule has 3 heterocycles. The maximum atomic E-state index is 4.33. The maximum absolute atomic E-state index is 4.33. The summed E-state index contributed by atoms with van der Waals surface area (Å²) in [4.78, 5) is 13.3. The molecule has 0 bridgehead atoms. The molecule has 0 unspecified atom stereocenters. The number of fused-ring (bicyclic) bond motifs is 1. The first-order chi connectivity index (χ1) is 12.4. The summed E-state index contributed by atoms with van der Waals surface area (Å²) < 4.78 is 2.26. The molecule has 0 radical (unpaired) electrons. The zero-order valence-corrected chi connectivity index (χ0v) is 14.1. The Bertz CT molecular complexity index is 878. The van der Waals surface area contributed by atoms with Crippen LogP contribution in [0.1, 0.15) is 24.7 Å². The lowest BCUT2D eigenvalue weighted by atomic mass is 10.2. The molecule has 2 aliphatic rings. The van der Waals surface area contributed by atoms with Gasteiger partial charge in [0.05, 0.1) is 12.1 Å². The Morgan fingerprint density at radius 1 is 1.08 bits per heavy atom. The number of nitrogens with zero attached hydrogens (tertiary/aromatic N) is 7. The summed E-state index contributed by atoms with van der Waals surface area (Å²) in [6.45, 7) is 5.03. The fraction of sp³-hybridized carbons (Fsp3) is 0.444. The van der Waals surface area contributed by atoms with Crippen molar-refractivity contribution in [2.75, 3.05) is 31.1 Å². The minimum Gasteiger partial charge on any atom is -0.369 e. The fourth-order valence-electron chi connectivity index (χ4n) is 3.57. The Morgan fingerprint density at radius 2 is 1.96 bits per heavy atom. The van der Waals surface area contributed by atoms with Gasteiger partial charge in [-0.3, -0.25) is 4.90 Å². The van der Waals surface area contributed by atoms with Crippen LogP contribution in [0, 0.1) is 0 Å². The van der Waals surface area contributed by atoms with Crippen molar-refractivity contribution in [3.8, 4) is 0 Å². The van der Waals surface area contributed by atoms with Gasteiger partial charge < -0.3 is 9.47 Å². The predicted molar refractivity (Wildman–Crippen MR) is 95.3 cm³/mol. The Labute approximate surface area is 146 Å². The van der Waals surface area contributed by atoms with Crippen molar-refractivity contribution in [1.29, 1.82) is 0 Å². The quantitative estimate of drug-likeness (QED) is 0.725. The van der Waals surface area contributed by atoms with E-state index in [0.717, 1.165) is 49.5 Å². The Morgan fingerprint density at radius 3 is 2.80 bits per heavy atom. The second-order valence-electron chi connectivity index (χ2n) is 6.91. The maximum Gasteiger partial charge on any atom is 0.147 e. The summed E-state index contributed by atoms with van der Waals surface area (Å²) in [5.74, 6) is 1.11. The van der Waals surface area contributed by atoms with Gasteiger partial charge in [-0.25, -0.2) is 9.97 Å². The first kappa shape index (κ1) is 14.8. The van der Waals surface area contributed by atoms with E-state index in [2.05, 4.69) is 52.7 Å². The smallest absolute Gasteiger partial charge is 0.147 e. The van der Waals surface area contributed by atoms with Crippen molar-refractivity contribution in [2.45, 2.75) is 25.4 Å². The molecule has 128 valence electrons. The zero-order valence-electron chi connectivity index (χ0n) is 14.1. The van der Waals surface area contributed by atoms with Crippen LogP contribution in [-0.2, 0) is 6.54 Å². The second-order valence-corrected chi connectivity index (χ2v) is 6.91. The highest BCUT2D eigenvalue weighted by Gasteiger charge is 2.27. The van der Waals surface area contributed by atoms with Gasteiger partial charge in [0.1, 0.15) is 18.5 Å². The largest absolute Gasteiger partial charge is 0.369 e. The lowest BCUT2D eigenvalue weighted by molar-refractivity contribution is 0.240. The van der Waals surface area contributed by atoms with Crippen molar-refractivity contribution in [1.82, 2.24) is 29.6 Å². The Hall–Kier alpha value is -2.54. The van der Waals surface area contributed by atoms with Crippen LogP contribution >= 0.6 is 0 Å². The molecule has 25 heavy (non-hydrogen) atoms. The first-order valence-corrected chi connectivity index (χ1v) is 8.92. The molecule has 7 nitrogen and oxygen atoms in total. The van der Waals surface area contributed by atoms with E-state index in [1.54, 1.807) is 6.33 Å². The summed E-state index contributed by atoms with van der Waals surface area (Å²) >= 11 is 0. The third-order valence-electron chi connectivity index (χ3n) is 5.18. The van der Waals surface area contributed by atoms with Gasteiger partial charge in [-0.2, -0.15) is 0 Å². The molecule has 0 atom stereocenters. The van der Waals surface area contributed by atoms with Crippen molar-refractivity contribution >= 4 is 16.6 Å². The van der Waals surface area contributed by atoms with E-state index in [1.807, 2.05) is 12.5 Å². The minimum absolute atomic E-state index is 0.645. The van der Waals surface area contributed by atoms with Gasteiger partial charge in [0, 0.05) is 49.5 Å². The number of hydrogen-bond donors (Lipinski definition) is 0. The molecule has 7 heteroatoms. The van der Waals surface area contributed by atoms with E-state index in [0.29, 0.717) is 6.04 Å². The minimum atomic E-state index is 0.645. The number of aromatic nitrogens is 5. The molecule has 2 fully saturated rings. The highest BCUT2D eigenvalue weighted by Crippen LogP contribution is 2.35. The normalized spacial score (nSPS) is 18.8. The molecule has 1 aliphatic carbocycles. The molecule has 1 saturated heterocycles. The average Bonchev–Trinajstić information content (AvgIpc) is 3.41. The van der Waals surface area contributed by atoms with Crippen molar-refractivity contribution in [3.63, 3.8) is 0 Å². The molecule has 0 spiro atoms. The monoisotopic (exact) mass is 335 g/mol. The van der Waals surface area contributed by atoms with Crippen LogP contribution in [-0.4, -0.2) is 55.8 Å². The highest BCUT2D eigenvalue weighted by molar-refractivity contribution is 5.81. The van der Waals surface area contributed by atoms with E-state index >= 15 is 0 Å². The average molecular weight is 335 g/mol. The molecule has 0 amide bonds. The molecule has 0 N–H and O–H groups in total. The van der Waals surface area contributed by atoms with Gasteiger partial charge in [0.15, 0.2) is 0 Å². The number of piperazine rings is 1. The zero-order chi connectivity index (χ0) is 16.6. The summed E-state index contributed by atoms with van der Waals surface area (Å²) in [6, 6.07) is 7.08. The lowest BCUT2D eigenvalue weighted by Crippen LogP contribution is -2.46. The van der Waals surface area contributed by atoms with Crippen LogP contribution in [0.5, 0.6) is 0 Å². The van der Waals surface area contributed by atoms with E-state index in [4.69, 9.17) is 0 Å². The second kappa shape index (κ2) is 6.07. The molecule has 1 saturated carbocycles. The molecule has 5 rings (SSSR count). The van der Waals surface area contributed by atoms with Gasteiger partial charge in [-0.15, -0.1) is 10.2 Å². The van der Waals surface area contributed by atoms with Gasteiger partial charge in [-0.05, 0) is 31.0 Å². The lowest BCUT2D eigenvalue weighted by Gasteiger charge is -2.36. The third kappa shape index (κ3) is 2.95. The molecule has 2 aromatic heterocycles. The molecule has 1 aromatic carbocycles. The van der Waals surface area contributed by atoms with E-state index in [-0.39, 0.29) is 0 Å². The Kier molecular flexibility index (Phi) is 3.59. The number of anilines is 1. The molecule has 3 aromatic rings. The van der Waals surface area contributed by atoms with Gasteiger partial charge in [0.2, 0.25) is 0 Å². The van der Waals surface area contributed by atoms with Crippen LogP contribution in [0.2, 0.25) is 0 Å². The van der Waals surface area contributed by atoms with Crippen LogP contribution in [0.15, 0.2) is 37.1 Å². The SMILES string of the molecule is c1ncc2cc(N3CCN(Cc4nncn4C4CC4)CC3)ccc2n1. The van der Waals surface area contributed by atoms with Gasteiger partial charge in [-0.1, -0.05) is 0 Å². The standard InChI is InChI=1S/C18H21N7/c1-2-15(1)25-13-21-22-18(25)11-23-5-7-24(8-6-23)16-3-4-17-14(9-16)10-19-12-20-17/h3-4,9-10,12-13,15H,1-2,5-8,11H2. The van der Waals surface area contributed by atoms with Crippen molar-refractivity contribution in [2.24, 2.45) is 0 Å². The van der Waals surface area contributed by atoms with Crippen LogP contribution in [0.25, 0.3) is 10.9 Å². The number of rotatable bonds is 4. The predicted octanol–water partition coefficient (Wildman–Crippen LogP) is 1.88. The summed E-state index contributed by atoms with van der Waals surface area (Å²) in [7, 11) is 0. The summed E-state index contributed by atoms with van der Waals surface area (Å²) in [5, 5.41) is 9.53. The summed E-state index contributed by atoms with van der Waals surface area (Å²) in [6.07, 6.45) is 7.91. The summed E-state index contributed by atoms with van der Waals surface area (Å²) in [5.41, 5.74) is 2.25. The van der Waals surface area contributed by atoms with E-state index < -0.39 is 0 Å². The number of benzene rings is 1. The molecule has 1 aliphatic heterocycles. The van der Waals surface area contributed by atoms with Crippen LogP contribution in [0.4, 0.5) is 5.69 Å². The van der Waals surface area contributed by atoms with Crippen LogP contribution in [0.3, 0.4) is 0 Å². The third-order valence-corrected chi connectivity index (χ3v) is 5.18. The van der Waals surface area contributed by atoms with Crippen molar-refractivity contribution < 1.29 is 0 Å². The first-order valence-electron chi connectivity index (χ1n) is 8.92. The van der Waals surface area contributed by atoms with Crippen molar-refractivity contribution in [3.05, 3.63) is 42.9 Å². The Balaban J connectivity index is 1.25. The van der Waals surface area contributed by atoms with E-state index in [1.165, 1.54) is 18.5 Å². The number of hydrogen-bond acceptors (Lipinski definition) is 6. The van der Waals surface area contributed by atoms with Gasteiger partial charge in [0.25, 0.3) is 0 Å². The highest BCUT2D eigenvalue weighted by atomic mass is 15.3. The molecular weight excluding hydrogens is 314 g/mol. The van der Waals surface area contributed by atoms with Gasteiger partial charge >= 0.3 is 0 Å². The molecular formula is C18H21N7.